The summed E-state index contributed by atoms with van der Waals surface area (Å²) in [6.07, 6.45) is 9.19. The summed E-state index contributed by atoms with van der Waals surface area (Å²) in [5, 5.41) is 14.4. The Hall–Kier alpha value is -0.670. The van der Waals surface area contributed by atoms with Crippen molar-refractivity contribution in [2.24, 2.45) is 39.4 Å². The lowest BCUT2D eigenvalue weighted by atomic mass is 9.43. The monoisotopic (exact) mass is 371 g/mol. The number of aliphatic hydroxyl groups excluding tert-OH is 1. The molecular formula is C24H37NO2. The van der Waals surface area contributed by atoms with E-state index in [9.17, 15) is 9.90 Å². The average Bonchev–Trinajstić information content (AvgIpc) is 3.20. The molecule has 2 N–H and O–H groups in total. The van der Waals surface area contributed by atoms with E-state index in [1.807, 2.05) is 0 Å². The zero-order valence-electron chi connectivity index (χ0n) is 17.6. The molecule has 0 aromatic rings. The summed E-state index contributed by atoms with van der Waals surface area (Å²) < 4.78 is 0. The number of carbonyl (C=O) groups is 1. The summed E-state index contributed by atoms with van der Waals surface area (Å²) in [5.41, 5.74) is 2.45. The maximum atomic E-state index is 12.5. The van der Waals surface area contributed by atoms with Crippen LogP contribution in [0.1, 0.15) is 72.1 Å². The van der Waals surface area contributed by atoms with Gasteiger partial charge in [-0.15, -0.1) is 0 Å². The van der Waals surface area contributed by atoms with Gasteiger partial charge in [-0.1, -0.05) is 26.0 Å². The minimum atomic E-state index is -0.449. The highest BCUT2D eigenvalue weighted by molar-refractivity contribution is 5.80. The van der Waals surface area contributed by atoms with E-state index in [0.29, 0.717) is 28.7 Å². The van der Waals surface area contributed by atoms with E-state index in [1.54, 1.807) is 6.92 Å². The molecule has 3 nitrogen and oxygen atoms in total. The fourth-order valence-electron chi connectivity index (χ4n) is 9.75. The molecule has 0 bridgehead atoms. The molecule has 5 aliphatic carbocycles. The lowest BCUT2D eigenvalue weighted by Crippen LogP contribution is -2.55. The number of rotatable bonds is 2. The van der Waals surface area contributed by atoms with Crippen LogP contribution < -0.4 is 5.32 Å². The van der Waals surface area contributed by atoms with Gasteiger partial charge in [-0.25, -0.2) is 0 Å². The first kappa shape index (κ1) is 18.4. The number of aliphatic hydroxyl groups is 1. The molecule has 0 radical (unpaired) electrons. The molecule has 5 aliphatic rings. The van der Waals surface area contributed by atoms with E-state index < -0.39 is 6.10 Å². The van der Waals surface area contributed by atoms with E-state index in [-0.39, 0.29) is 22.5 Å². The fourth-order valence-corrected chi connectivity index (χ4v) is 9.75. The highest BCUT2D eigenvalue weighted by atomic mass is 16.3. The Balaban J connectivity index is 1.53. The Kier molecular flexibility index (Phi) is 3.59. The van der Waals surface area contributed by atoms with E-state index in [4.69, 9.17) is 0 Å². The quantitative estimate of drug-likeness (QED) is 0.719. The summed E-state index contributed by atoms with van der Waals surface area (Å²) in [7, 11) is 2.08. The number of fused-ring (bicyclic) bond motifs is 2. The first-order chi connectivity index (χ1) is 12.7. The Morgan fingerprint density at radius 1 is 1.11 bits per heavy atom. The van der Waals surface area contributed by atoms with E-state index in [1.165, 1.54) is 44.1 Å². The van der Waals surface area contributed by atoms with Gasteiger partial charge in [0.2, 0.25) is 0 Å². The standard InChI is InChI=1S/C24H37NO2/c1-14-16-6-7-19-22(4)12-18(27)20(15(2)26)21(22,3)10-11-24(19)13-23(16,24)9-8-17(14)25-5/h16-20,25,27H,1,6-13H2,2-5H3/t16-,17-,18+,19-,20?,21+,22-,23+,24-/m0/s1. The first-order valence-corrected chi connectivity index (χ1v) is 11.2. The number of hydrogen-bond donors (Lipinski definition) is 2. The van der Waals surface area contributed by atoms with Gasteiger partial charge in [-0.3, -0.25) is 4.79 Å². The van der Waals surface area contributed by atoms with Crippen LogP contribution in [0.5, 0.6) is 0 Å². The summed E-state index contributed by atoms with van der Waals surface area (Å²) in [6.45, 7) is 11.0. The van der Waals surface area contributed by atoms with Crippen molar-refractivity contribution in [1.29, 1.82) is 0 Å². The normalized spacial score (nSPS) is 58.7. The average molecular weight is 372 g/mol. The second-order valence-electron chi connectivity index (χ2n) is 11.3. The van der Waals surface area contributed by atoms with Crippen LogP contribution in [0.25, 0.3) is 0 Å². The maximum Gasteiger partial charge on any atom is 0.136 e. The highest BCUT2D eigenvalue weighted by Crippen LogP contribution is 2.87. The van der Waals surface area contributed by atoms with Crippen molar-refractivity contribution < 1.29 is 9.90 Å². The van der Waals surface area contributed by atoms with Crippen LogP contribution in [0, 0.1) is 39.4 Å². The predicted octanol–water partition coefficient (Wildman–Crippen LogP) is 4.10. The van der Waals surface area contributed by atoms with Gasteiger partial charge in [-0.2, -0.15) is 0 Å². The van der Waals surface area contributed by atoms with Gasteiger partial charge in [-0.05, 0) is 98.8 Å². The molecule has 3 heteroatoms. The molecule has 5 fully saturated rings. The SMILES string of the molecule is C=C1[C@@H](NC)CC[C@]23C[C@]24CC[C@]2(C)C(C(C)=O)[C@H](O)C[C@@]2(C)[C@@H]4CC[C@@H]13. The van der Waals surface area contributed by atoms with E-state index in [2.05, 4.69) is 32.8 Å². The van der Waals surface area contributed by atoms with Crippen LogP contribution in [0.2, 0.25) is 0 Å². The van der Waals surface area contributed by atoms with Crippen molar-refractivity contribution >= 4 is 5.78 Å². The van der Waals surface area contributed by atoms with Crippen molar-refractivity contribution in [2.75, 3.05) is 7.05 Å². The molecule has 9 atom stereocenters. The molecule has 150 valence electrons. The molecule has 0 aromatic carbocycles. The Labute approximate surface area is 164 Å². The number of ketones is 1. The van der Waals surface area contributed by atoms with Gasteiger partial charge >= 0.3 is 0 Å². The van der Waals surface area contributed by atoms with Crippen LogP contribution >= 0.6 is 0 Å². The van der Waals surface area contributed by atoms with Crippen LogP contribution in [0.4, 0.5) is 0 Å². The number of hydrogen-bond acceptors (Lipinski definition) is 3. The zero-order chi connectivity index (χ0) is 19.4. The van der Waals surface area contributed by atoms with Gasteiger partial charge in [0.05, 0.1) is 6.10 Å². The maximum absolute atomic E-state index is 12.5. The van der Waals surface area contributed by atoms with E-state index in [0.717, 1.165) is 12.8 Å². The third-order valence-electron chi connectivity index (χ3n) is 11.0. The molecule has 0 heterocycles. The molecule has 0 aliphatic heterocycles. The summed E-state index contributed by atoms with van der Waals surface area (Å²) in [5.74, 6) is 1.38. The van der Waals surface area contributed by atoms with Crippen molar-refractivity contribution in [3.8, 4) is 0 Å². The molecular weight excluding hydrogens is 334 g/mol. The molecule has 1 unspecified atom stereocenters. The van der Waals surface area contributed by atoms with Crippen molar-refractivity contribution in [3.63, 3.8) is 0 Å². The fraction of sp³-hybridized carbons (Fsp3) is 0.875. The number of nitrogens with one attached hydrogen (secondary N) is 1. The predicted molar refractivity (Wildman–Crippen MR) is 107 cm³/mol. The van der Waals surface area contributed by atoms with Gasteiger partial charge in [0, 0.05) is 12.0 Å². The minimum absolute atomic E-state index is 0.0377. The smallest absolute Gasteiger partial charge is 0.136 e. The van der Waals surface area contributed by atoms with Crippen LogP contribution in [-0.4, -0.2) is 30.1 Å². The van der Waals surface area contributed by atoms with E-state index >= 15 is 0 Å². The number of carbonyl (C=O) groups excluding carboxylic acids is 1. The molecule has 0 aromatic heterocycles. The second kappa shape index (κ2) is 5.27. The molecule has 0 amide bonds. The zero-order valence-corrected chi connectivity index (χ0v) is 17.6. The Bertz CT molecular complexity index is 717. The lowest BCUT2D eigenvalue weighted by molar-refractivity contribution is -0.141. The van der Waals surface area contributed by atoms with Crippen molar-refractivity contribution in [2.45, 2.75) is 84.3 Å². The Morgan fingerprint density at radius 3 is 2.52 bits per heavy atom. The highest BCUT2D eigenvalue weighted by Gasteiger charge is 2.81. The lowest BCUT2D eigenvalue weighted by Gasteiger charge is -2.61. The molecule has 5 saturated carbocycles. The topological polar surface area (TPSA) is 49.3 Å². The first-order valence-electron chi connectivity index (χ1n) is 11.2. The van der Waals surface area contributed by atoms with Gasteiger partial charge in [0.25, 0.3) is 0 Å². The third kappa shape index (κ3) is 1.85. The molecule has 2 spiro atoms. The largest absolute Gasteiger partial charge is 0.392 e. The third-order valence-corrected chi connectivity index (χ3v) is 11.0. The van der Waals surface area contributed by atoms with Gasteiger partial charge < -0.3 is 10.4 Å². The van der Waals surface area contributed by atoms with Crippen LogP contribution in [-0.2, 0) is 4.79 Å². The summed E-state index contributed by atoms with van der Waals surface area (Å²) in [6, 6.07) is 0.495. The number of likely N-dealkylation sites (N-methyl/N-ethyl adjacent to an activating group) is 1. The van der Waals surface area contributed by atoms with Crippen LogP contribution in [0.3, 0.4) is 0 Å². The molecule has 0 saturated heterocycles. The molecule has 27 heavy (non-hydrogen) atoms. The van der Waals surface area contributed by atoms with Gasteiger partial charge in [0.1, 0.15) is 5.78 Å². The molecule has 5 rings (SSSR count). The van der Waals surface area contributed by atoms with Crippen molar-refractivity contribution in [1.82, 2.24) is 5.32 Å². The minimum Gasteiger partial charge on any atom is -0.392 e. The summed E-state index contributed by atoms with van der Waals surface area (Å²) in [4.78, 5) is 12.5. The second-order valence-corrected chi connectivity index (χ2v) is 11.3. The van der Waals surface area contributed by atoms with Crippen LogP contribution in [0.15, 0.2) is 12.2 Å². The number of Topliss-reactive ketones (excluding diaryl/α,β-unsaturated/α-hetero) is 1. The van der Waals surface area contributed by atoms with Crippen molar-refractivity contribution in [3.05, 3.63) is 12.2 Å². The van der Waals surface area contributed by atoms with Gasteiger partial charge in [0.15, 0.2) is 0 Å². The summed E-state index contributed by atoms with van der Waals surface area (Å²) >= 11 is 0. The Morgan fingerprint density at radius 2 is 1.85 bits per heavy atom.